The molecule has 0 aliphatic carbocycles. The second-order valence-corrected chi connectivity index (χ2v) is 17.5. The molecule has 1 aliphatic rings. The molecule has 1 saturated heterocycles. The largest absolute Gasteiger partial charge is 0.497 e. The van der Waals surface area contributed by atoms with Crippen molar-refractivity contribution >= 4 is 49.1 Å². The fraction of sp³-hybridized carbons (Fsp3) is 0.200. The first kappa shape index (κ1) is 49.9. The van der Waals surface area contributed by atoms with Gasteiger partial charge in [-0.25, -0.2) is 14.7 Å². The fourth-order valence-corrected chi connectivity index (χ4v) is 9.31. The molecule has 6 aromatic carbocycles. The van der Waals surface area contributed by atoms with Gasteiger partial charge in [0.05, 0.1) is 70.2 Å². The van der Waals surface area contributed by atoms with E-state index in [1.807, 2.05) is 127 Å². The molecule has 0 bridgehead atoms. The Balaban J connectivity index is 1.09. The topological polar surface area (TPSA) is 202 Å². The Morgan fingerprint density at radius 1 is 0.795 bits per heavy atom. The van der Waals surface area contributed by atoms with Gasteiger partial charge < -0.3 is 37.6 Å². The van der Waals surface area contributed by atoms with E-state index in [0.29, 0.717) is 22.9 Å². The van der Waals surface area contributed by atoms with Crippen molar-refractivity contribution in [3.63, 3.8) is 0 Å². The molecular formula is C55H50N7O10P. The number of hydrogen-bond acceptors (Lipinski definition) is 14. The third kappa shape index (κ3) is 11.5. The third-order valence-corrected chi connectivity index (χ3v) is 12.9. The zero-order valence-electron chi connectivity index (χ0n) is 39.8. The van der Waals surface area contributed by atoms with Gasteiger partial charge in [0.2, 0.25) is 11.9 Å². The first-order valence-electron chi connectivity index (χ1n) is 23.3. The van der Waals surface area contributed by atoms with Crippen molar-refractivity contribution in [1.82, 2.24) is 19.5 Å². The van der Waals surface area contributed by atoms with Crippen molar-refractivity contribution in [2.75, 3.05) is 37.7 Å². The molecule has 18 heteroatoms. The summed E-state index contributed by atoms with van der Waals surface area (Å²) in [4.78, 5) is 54.4. The molecule has 1 fully saturated rings. The Hall–Kier alpha value is -8.07. The molecule has 0 radical (unpaired) electrons. The quantitative estimate of drug-likeness (QED) is 0.0415. The van der Waals surface area contributed by atoms with Crippen molar-refractivity contribution in [3.05, 3.63) is 198 Å². The second-order valence-electron chi connectivity index (χ2n) is 16.6. The average molecular weight is 1000 g/mol. The van der Waals surface area contributed by atoms with Gasteiger partial charge in [-0.2, -0.15) is 15.2 Å². The number of ether oxygens (including phenoxy) is 5. The zero-order valence-corrected chi connectivity index (χ0v) is 40.7. The minimum atomic E-state index is -2.49. The fourth-order valence-electron chi connectivity index (χ4n) is 8.55. The van der Waals surface area contributed by atoms with E-state index in [9.17, 15) is 19.7 Å². The van der Waals surface area contributed by atoms with Crippen LogP contribution in [0, 0.1) is 11.3 Å². The van der Waals surface area contributed by atoms with Gasteiger partial charge in [0.25, 0.3) is 5.88 Å². The Labute approximate surface area is 422 Å². The molecule has 2 N–H and O–H groups in total. The van der Waals surface area contributed by atoms with Crippen LogP contribution in [0.1, 0.15) is 41.3 Å². The average Bonchev–Trinajstić information content (AvgIpc) is 4.04. The first-order chi connectivity index (χ1) is 35.8. The van der Waals surface area contributed by atoms with Gasteiger partial charge in [0.15, 0.2) is 11.2 Å². The maximum atomic E-state index is 14.4. The number of methoxy groups -OCH3 is 2. The van der Waals surface area contributed by atoms with Gasteiger partial charge in [0, 0.05) is 6.42 Å². The summed E-state index contributed by atoms with van der Waals surface area (Å²) in [6.07, 6.45) is -1.82. The van der Waals surface area contributed by atoms with Crippen LogP contribution in [-0.4, -0.2) is 76.1 Å². The summed E-state index contributed by atoms with van der Waals surface area (Å²) in [7, 11) is 0.710. The van der Waals surface area contributed by atoms with Crippen LogP contribution >= 0.6 is 8.60 Å². The summed E-state index contributed by atoms with van der Waals surface area (Å²) >= 11 is 0. The summed E-state index contributed by atoms with van der Waals surface area (Å²) in [6.45, 7) is -0.159. The predicted octanol–water partition coefficient (Wildman–Crippen LogP) is 10.2. The smallest absolute Gasteiger partial charge is 0.425 e. The maximum Gasteiger partial charge on any atom is 0.425 e. The van der Waals surface area contributed by atoms with E-state index in [4.69, 9.17) is 37.7 Å². The molecule has 4 atom stereocenters. The van der Waals surface area contributed by atoms with Gasteiger partial charge in [-0.05, 0) is 70.8 Å². The number of carbonyl (C=O) groups is 2. The molecule has 370 valence electrons. The van der Waals surface area contributed by atoms with Crippen LogP contribution in [-0.2, 0) is 35.3 Å². The standard InChI is InChI=1S/C55H50N7O10P/c1-66-44-28-24-40(25-29-44)55(39-18-9-4-10-19-39,41-26-30-45(67-2)31-27-41)68-36-47-46(72-73(65)69-33-15-32-56)35-49(70-47)61-37-57-50-51(61)59-53(58-48(63)34-38-16-7-3-8-17-38)60-52(50)71-54(64)62(42-20-11-5-12-21-42)43-22-13-6-14-23-43/h3-14,16-31,37,46-47,49,65H,15,33-36H2,1-2H3,(H,58,59,60,63)/t46-,47+,49+,73?/m0/s1. The molecule has 17 nitrogen and oxygen atoms in total. The highest BCUT2D eigenvalue weighted by atomic mass is 31.2. The first-order valence-corrected chi connectivity index (χ1v) is 24.4. The molecule has 8 aromatic rings. The lowest BCUT2D eigenvalue weighted by Gasteiger charge is -2.37. The number of amides is 2. The summed E-state index contributed by atoms with van der Waals surface area (Å²) < 4.78 is 44.7. The summed E-state index contributed by atoms with van der Waals surface area (Å²) in [5, 5.41) is 12.0. The molecule has 2 aromatic heterocycles. The van der Waals surface area contributed by atoms with Gasteiger partial charge in [0.1, 0.15) is 29.4 Å². The van der Waals surface area contributed by atoms with Gasteiger partial charge >= 0.3 is 14.7 Å². The lowest BCUT2D eigenvalue weighted by molar-refractivity contribution is -0.115. The lowest BCUT2D eigenvalue weighted by Crippen LogP contribution is -2.38. The number of hydrogen-bond donors (Lipinski definition) is 2. The van der Waals surface area contributed by atoms with Crippen LogP contribution in [0.5, 0.6) is 17.4 Å². The van der Waals surface area contributed by atoms with Crippen molar-refractivity contribution in [3.8, 4) is 23.4 Å². The Morgan fingerprint density at radius 3 is 1.93 bits per heavy atom. The number of nitrogens with one attached hydrogen (secondary N) is 1. The van der Waals surface area contributed by atoms with Crippen molar-refractivity contribution in [2.45, 2.75) is 43.3 Å². The zero-order chi connectivity index (χ0) is 50.6. The molecule has 1 aliphatic heterocycles. The molecule has 73 heavy (non-hydrogen) atoms. The number of nitriles is 1. The van der Waals surface area contributed by atoms with Crippen molar-refractivity contribution in [1.29, 1.82) is 5.26 Å². The number of anilines is 3. The van der Waals surface area contributed by atoms with E-state index >= 15 is 0 Å². The number of fused-ring (bicyclic) bond motifs is 1. The Morgan fingerprint density at radius 2 is 1.36 bits per heavy atom. The minimum Gasteiger partial charge on any atom is -0.497 e. The summed E-state index contributed by atoms with van der Waals surface area (Å²) in [6, 6.07) is 54.1. The number of aromatic nitrogens is 4. The number of imidazole rings is 1. The Bertz CT molecular complexity index is 3040. The highest BCUT2D eigenvalue weighted by Crippen LogP contribution is 2.46. The molecule has 1 unspecified atom stereocenters. The summed E-state index contributed by atoms with van der Waals surface area (Å²) in [5.74, 6) is 0.493. The molecule has 2 amide bonds. The van der Waals surface area contributed by atoms with E-state index in [1.165, 1.54) is 11.2 Å². The van der Waals surface area contributed by atoms with Crippen molar-refractivity contribution in [2.24, 2.45) is 0 Å². The van der Waals surface area contributed by atoms with Crippen LogP contribution in [0.25, 0.3) is 11.2 Å². The molecule has 0 spiro atoms. The number of rotatable bonds is 20. The van der Waals surface area contributed by atoms with E-state index in [0.717, 1.165) is 22.3 Å². The van der Waals surface area contributed by atoms with E-state index in [2.05, 4.69) is 15.3 Å². The number of benzene rings is 6. The van der Waals surface area contributed by atoms with Gasteiger partial charge in [-0.15, -0.1) is 0 Å². The van der Waals surface area contributed by atoms with Crippen LogP contribution < -0.4 is 24.4 Å². The minimum absolute atomic E-state index is 0.0109. The van der Waals surface area contributed by atoms with E-state index in [1.54, 1.807) is 67.3 Å². The highest BCUT2D eigenvalue weighted by Gasteiger charge is 2.44. The van der Waals surface area contributed by atoms with Crippen molar-refractivity contribution < 1.29 is 47.2 Å². The highest BCUT2D eigenvalue weighted by molar-refractivity contribution is 7.40. The van der Waals surface area contributed by atoms with Crippen LogP contribution in [0.3, 0.4) is 0 Å². The molecule has 0 saturated carbocycles. The Kier molecular flexibility index (Phi) is 16.0. The molecule has 9 rings (SSSR count). The predicted molar refractivity (Wildman–Crippen MR) is 272 cm³/mol. The normalized spacial score (nSPS) is 15.8. The third-order valence-electron chi connectivity index (χ3n) is 12.0. The van der Waals surface area contributed by atoms with E-state index in [-0.39, 0.29) is 55.5 Å². The second kappa shape index (κ2) is 23.4. The van der Waals surface area contributed by atoms with Gasteiger partial charge in [-0.3, -0.25) is 14.7 Å². The maximum absolute atomic E-state index is 14.4. The van der Waals surface area contributed by atoms with Crippen LogP contribution in [0.15, 0.2) is 176 Å². The van der Waals surface area contributed by atoms with Crippen LogP contribution in [0.4, 0.5) is 22.1 Å². The van der Waals surface area contributed by atoms with E-state index < -0.39 is 44.6 Å². The number of nitrogens with zero attached hydrogens (tertiary/aromatic N) is 6. The van der Waals surface area contributed by atoms with Crippen LogP contribution in [0.2, 0.25) is 0 Å². The van der Waals surface area contributed by atoms with Gasteiger partial charge in [-0.1, -0.05) is 121 Å². The summed E-state index contributed by atoms with van der Waals surface area (Å²) in [5.41, 5.74) is 3.17. The number of para-hydroxylation sites is 2. The molecule has 3 heterocycles. The monoisotopic (exact) mass is 999 g/mol. The molecular weight excluding hydrogens is 950 g/mol. The lowest BCUT2D eigenvalue weighted by atomic mass is 9.80. The SMILES string of the molecule is COc1ccc(C(OC[C@H]2O[C@@H](n3cnc4c(OC(=O)N(c5ccccc5)c5ccccc5)nc(NC(=O)Cc5ccccc5)nc43)C[C@@H]2OP(O)OCCC#N)(c2ccccc2)c2ccc(OC)cc2)cc1. The number of carbonyl (C=O) groups excluding carboxylic acids is 2.